The SMILES string of the molecule is CCCC(C(=O)Nc1nnc(C)s1)C(N)=S. The van der Waals surface area contributed by atoms with E-state index in [1.165, 1.54) is 11.3 Å². The third kappa shape index (κ3) is 3.49. The first kappa shape index (κ1) is 13.0. The second-order valence-electron chi connectivity index (χ2n) is 3.36. The van der Waals surface area contributed by atoms with Gasteiger partial charge in [0.15, 0.2) is 0 Å². The average Bonchev–Trinajstić information content (AvgIpc) is 2.59. The van der Waals surface area contributed by atoms with Crippen LogP contribution >= 0.6 is 23.6 Å². The molecular weight excluding hydrogens is 244 g/mol. The van der Waals surface area contributed by atoms with Crippen LogP contribution in [0.25, 0.3) is 0 Å². The zero-order chi connectivity index (χ0) is 12.1. The van der Waals surface area contributed by atoms with Gasteiger partial charge in [-0.25, -0.2) is 0 Å². The van der Waals surface area contributed by atoms with Gasteiger partial charge in [0, 0.05) is 0 Å². The van der Waals surface area contributed by atoms with Crippen molar-refractivity contribution < 1.29 is 4.79 Å². The predicted molar refractivity (Wildman–Crippen MR) is 68.5 cm³/mol. The standard InChI is InChI=1S/C9H14N4OS2/c1-3-4-6(7(10)15)8(14)11-9-13-12-5(2)16-9/h6H,3-4H2,1-2H3,(H2,10,15)(H,11,13,14). The van der Waals surface area contributed by atoms with Crippen molar-refractivity contribution in [2.45, 2.75) is 26.7 Å². The molecule has 0 saturated carbocycles. The van der Waals surface area contributed by atoms with E-state index in [-0.39, 0.29) is 10.9 Å². The second-order valence-corrected chi connectivity index (χ2v) is 5.01. The lowest BCUT2D eigenvalue weighted by Gasteiger charge is -2.12. The summed E-state index contributed by atoms with van der Waals surface area (Å²) in [4.78, 5) is 12.0. The Kier molecular flexibility index (Phi) is 4.75. The van der Waals surface area contributed by atoms with Crippen molar-refractivity contribution in [1.82, 2.24) is 10.2 Å². The number of hydrogen-bond acceptors (Lipinski definition) is 5. The minimum Gasteiger partial charge on any atom is -0.393 e. The number of nitrogens with two attached hydrogens (primary N) is 1. The number of amides is 1. The number of nitrogens with zero attached hydrogens (tertiary/aromatic N) is 2. The van der Waals surface area contributed by atoms with Gasteiger partial charge in [0.1, 0.15) is 5.01 Å². The monoisotopic (exact) mass is 258 g/mol. The van der Waals surface area contributed by atoms with Gasteiger partial charge in [0.2, 0.25) is 11.0 Å². The topological polar surface area (TPSA) is 80.9 Å². The fraction of sp³-hybridized carbons (Fsp3) is 0.556. The maximum absolute atomic E-state index is 11.8. The fourth-order valence-corrected chi connectivity index (χ4v) is 2.05. The molecule has 88 valence electrons. The van der Waals surface area contributed by atoms with Crippen LogP contribution in [0.5, 0.6) is 0 Å². The van der Waals surface area contributed by atoms with Crippen LogP contribution in [0.3, 0.4) is 0 Å². The van der Waals surface area contributed by atoms with E-state index in [9.17, 15) is 4.79 Å². The minimum atomic E-state index is -0.427. The van der Waals surface area contributed by atoms with Gasteiger partial charge in [-0.2, -0.15) is 0 Å². The van der Waals surface area contributed by atoms with E-state index >= 15 is 0 Å². The van der Waals surface area contributed by atoms with E-state index in [0.29, 0.717) is 11.6 Å². The Morgan fingerprint density at radius 2 is 2.31 bits per heavy atom. The molecule has 0 fully saturated rings. The number of rotatable bonds is 5. The number of hydrogen-bond donors (Lipinski definition) is 2. The van der Waals surface area contributed by atoms with Gasteiger partial charge < -0.3 is 5.73 Å². The normalized spacial score (nSPS) is 12.1. The van der Waals surface area contributed by atoms with E-state index < -0.39 is 5.92 Å². The van der Waals surface area contributed by atoms with Gasteiger partial charge >= 0.3 is 0 Å². The summed E-state index contributed by atoms with van der Waals surface area (Å²) in [5, 5.41) is 11.6. The van der Waals surface area contributed by atoms with Crippen LogP contribution in [-0.2, 0) is 4.79 Å². The zero-order valence-corrected chi connectivity index (χ0v) is 10.8. The molecule has 0 spiro atoms. The number of carbonyl (C=O) groups is 1. The Hall–Kier alpha value is -1.08. The summed E-state index contributed by atoms with van der Waals surface area (Å²) in [5.74, 6) is -0.630. The van der Waals surface area contributed by atoms with Crippen LogP contribution < -0.4 is 11.1 Å². The Balaban J connectivity index is 2.65. The van der Waals surface area contributed by atoms with Crippen molar-refractivity contribution in [2.24, 2.45) is 11.7 Å². The molecular formula is C9H14N4OS2. The molecule has 3 N–H and O–H groups in total. The van der Waals surface area contributed by atoms with Crippen LogP contribution in [0.1, 0.15) is 24.8 Å². The number of carbonyl (C=O) groups excluding carboxylic acids is 1. The van der Waals surface area contributed by atoms with E-state index in [1.807, 2.05) is 13.8 Å². The van der Waals surface area contributed by atoms with Crippen molar-refractivity contribution >= 4 is 39.6 Å². The Labute approximate surface area is 103 Å². The average molecular weight is 258 g/mol. The predicted octanol–water partition coefficient (Wildman–Crippen LogP) is 1.49. The fourth-order valence-electron chi connectivity index (χ4n) is 1.23. The first-order valence-corrected chi connectivity index (χ1v) is 6.17. The second kappa shape index (κ2) is 5.86. The van der Waals surface area contributed by atoms with Gasteiger partial charge in [0.25, 0.3) is 0 Å². The molecule has 0 aliphatic rings. The van der Waals surface area contributed by atoms with E-state index in [2.05, 4.69) is 15.5 Å². The summed E-state index contributed by atoms with van der Waals surface area (Å²) in [6.45, 7) is 3.80. The molecule has 7 heteroatoms. The third-order valence-electron chi connectivity index (χ3n) is 1.99. The van der Waals surface area contributed by atoms with Crippen molar-refractivity contribution in [1.29, 1.82) is 0 Å². The molecule has 0 aromatic carbocycles. The molecule has 0 aliphatic carbocycles. The molecule has 1 aromatic rings. The lowest BCUT2D eigenvalue weighted by Crippen LogP contribution is -2.33. The van der Waals surface area contributed by atoms with Gasteiger partial charge in [-0.1, -0.05) is 36.9 Å². The molecule has 0 bridgehead atoms. The smallest absolute Gasteiger partial charge is 0.236 e. The molecule has 1 rings (SSSR count). The van der Waals surface area contributed by atoms with Gasteiger partial charge in [0.05, 0.1) is 10.9 Å². The van der Waals surface area contributed by atoms with Crippen molar-refractivity contribution in [2.75, 3.05) is 5.32 Å². The maximum Gasteiger partial charge on any atom is 0.236 e. The summed E-state index contributed by atoms with van der Waals surface area (Å²) in [7, 11) is 0. The molecule has 1 unspecified atom stereocenters. The minimum absolute atomic E-state index is 0.203. The molecule has 1 heterocycles. The van der Waals surface area contributed by atoms with Crippen molar-refractivity contribution in [3.8, 4) is 0 Å². The Bertz CT molecular complexity index is 391. The van der Waals surface area contributed by atoms with E-state index in [4.69, 9.17) is 18.0 Å². The number of anilines is 1. The van der Waals surface area contributed by atoms with E-state index in [0.717, 1.165) is 11.4 Å². The summed E-state index contributed by atoms with van der Waals surface area (Å²) in [6.07, 6.45) is 1.50. The van der Waals surface area contributed by atoms with Crippen molar-refractivity contribution in [3.63, 3.8) is 0 Å². The summed E-state index contributed by atoms with van der Waals surface area (Å²) in [6, 6.07) is 0. The maximum atomic E-state index is 11.8. The third-order valence-corrected chi connectivity index (χ3v) is 3.03. The highest BCUT2D eigenvalue weighted by Gasteiger charge is 2.21. The first-order chi connectivity index (χ1) is 7.54. The van der Waals surface area contributed by atoms with Crippen LogP contribution in [0.15, 0.2) is 0 Å². The Morgan fingerprint density at radius 1 is 1.62 bits per heavy atom. The molecule has 1 amide bonds. The number of thiocarbonyl (C=S) groups is 1. The number of aromatic nitrogens is 2. The summed E-state index contributed by atoms with van der Waals surface area (Å²) >= 11 is 6.19. The highest BCUT2D eigenvalue weighted by atomic mass is 32.1. The molecule has 0 aliphatic heterocycles. The molecule has 0 radical (unpaired) electrons. The first-order valence-electron chi connectivity index (χ1n) is 4.95. The highest BCUT2D eigenvalue weighted by molar-refractivity contribution is 7.80. The molecule has 16 heavy (non-hydrogen) atoms. The molecule has 5 nitrogen and oxygen atoms in total. The highest BCUT2D eigenvalue weighted by Crippen LogP contribution is 2.16. The lowest BCUT2D eigenvalue weighted by atomic mass is 10.0. The van der Waals surface area contributed by atoms with Crippen LogP contribution in [0.2, 0.25) is 0 Å². The lowest BCUT2D eigenvalue weighted by molar-refractivity contribution is -0.118. The van der Waals surface area contributed by atoms with Crippen LogP contribution in [-0.4, -0.2) is 21.1 Å². The van der Waals surface area contributed by atoms with Crippen molar-refractivity contribution in [3.05, 3.63) is 5.01 Å². The number of aryl methyl sites for hydroxylation is 1. The van der Waals surface area contributed by atoms with Gasteiger partial charge in [-0.15, -0.1) is 10.2 Å². The zero-order valence-electron chi connectivity index (χ0n) is 9.19. The molecule has 1 aromatic heterocycles. The van der Waals surface area contributed by atoms with E-state index in [1.54, 1.807) is 0 Å². The quantitative estimate of drug-likeness (QED) is 0.782. The number of nitrogens with one attached hydrogen (secondary N) is 1. The largest absolute Gasteiger partial charge is 0.393 e. The molecule has 0 saturated heterocycles. The summed E-state index contributed by atoms with van der Waals surface area (Å²) in [5.41, 5.74) is 5.52. The Morgan fingerprint density at radius 3 is 2.75 bits per heavy atom. The summed E-state index contributed by atoms with van der Waals surface area (Å²) < 4.78 is 0. The van der Waals surface area contributed by atoms with Crippen LogP contribution in [0, 0.1) is 12.8 Å². The van der Waals surface area contributed by atoms with Gasteiger partial charge in [-0.3, -0.25) is 10.1 Å². The van der Waals surface area contributed by atoms with Crippen LogP contribution in [0.4, 0.5) is 5.13 Å². The molecule has 1 atom stereocenters. The van der Waals surface area contributed by atoms with Gasteiger partial charge in [-0.05, 0) is 13.3 Å².